The second-order valence-electron chi connectivity index (χ2n) is 4.82. The highest BCUT2D eigenvalue weighted by molar-refractivity contribution is 5.56. The summed E-state index contributed by atoms with van der Waals surface area (Å²) in [6.45, 7) is 6.76. The van der Waals surface area contributed by atoms with Crippen LogP contribution in [0.5, 0.6) is 0 Å². The van der Waals surface area contributed by atoms with E-state index in [1.54, 1.807) is 0 Å². The number of aliphatic hydroxyl groups excluding tert-OH is 1. The Kier molecular flexibility index (Phi) is 4.02. The zero-order chi connectivity index (χ0) is 12.3. The van der Waals surface area contributed by atoms with Gasteiger partial charge in [0.2, 0.25) is 0 Å². The lowest BCUT2D eigenvalue weighted by molar-refractivity contribution is 0.0726. The van der Waals surface area contributed by atoms with E-state index >= 15 is 0 Å². The number of ether oxygens (including phenoxy) is 1. The number of anilines is 1. The fraction of sp³-hybridized carbons (Fsp3) is 0.571. The third-order valence-electron chi connectivity index (χ3n) is 3.31. The molecule has 0 spiro atoms. The molecule has 1 unspecified atom stereocenters. The normalized spacial score (nSPS) is 20.9. The van der Waals surface area contributed by atoms with Crippen molar-refractivity contribution in [3.05, 3.63) is 29.8 Å². The minimum atomic E-state index is 0.0867. The second-order valence-corrected chi connectivity index (χ2v) is 4.82. The van der Waals surface area contributed by atoms with Gasteiger partial charge >= 0.3 is 0 Å². The summed E-state index contributed by atoms with van der Waals surface area (Å²) in [5.41, 5.74) is 2.58. The van der Waals surface area contributed by atoms with E-state index in [9.17, 15) is 5.11 Å². The van der Waals surface area contributed by atoms with Crippen LogP contribution in [-0.4, -0.2) is 37.5 Å². The van der Waals surface area contributed by atoms with Crippen molar-refractivity contribution in [2.24, 2.45) is 0 Å². The third-order valence-corrected chi connectivity index (χ3v) is 3.31. The van der Waals surface area contributed by atoms with E-state index in [1.165, 1.54) is 11.3 Å². The summed E-state index contributed by atoms with van der Waals surface area (Å²) in [6, 6.07) is 8.54. The number of para-hydroxylation sites is 1. The SMILES string of the molecule is CC(C)c1ccccc1N1CCOCC1CO. The van der Waals surface area contributed by atoms with Crippen molar-refractivity contribution in [3.8, 4) is 0 Å². The average Bonchev–Trinajstić information content (AvgIpc) is 2.38. The largest absolute Gasteiger partial charge is 0.394 e. The zero-order valence-corrected chi connectivity index (χ0v) is 10.6. The zero-order valence-electron chi connectivity index (χ0n) is 10.6. The summed E-state index contributed by atoms with van der Waals surface area (Å²) in [7, 11) is 0. The van der Waals surface area contributed by atoms with Crippen LogP contribution in [0.1, 0.15) is 25.3 Å². The van der Waals surface area contributed by atoms with Crippen molar-refractivity contribution < 1.29 is 9.84 Å². The minimum Gasteiger partial charge on any atom is -0.394 e. The molecule has 1 heterocycles. The smallest absolute Gasteiger partial charge is 0.0755 e. The van der Waals surface area contributed by atoms with Crippen molar-refractivity contribution in [3.63, 3.8) is 0 Å². The van der Waals surface area contributed by atoms with E-state index in [0.29, 0.717) is 12.5 Å². The fourth-order valence-electron chi connectivity index (χ4n) is 2.36. The molecule has 1 aromatic carbocycles. The number of hydrogen-bond acceptors (Lipinski definition) is 3. The van der Waals surface area contributed by atoms with E-state index in [-0.39, 0.29) is 12.6 Å². The highest BCUT2D eigenvalue weighted by Crippen LogP contribution is 2.29. The Balaban J connectivity index is 2.31. The van der Waals surface area contributed by atoms with Crippen LogP contribution in [0.25, 0.3) is 0 Å². The van der Waals surface area contributed by atoms with Gasteiger partial charge in [0.25, 0.3) is 0 Å². The molecule has 2 rings (SSSR count). The number of morpholine rings is 1. The monoisotopic (exact) mass is 235 g/mol. The summed E-state index contributed by atoms with van der Waals surface area (Å²) < 4.78 is 5.42. The first-order valence-corrected chi connectivity index (χ1v) is 6.28. The Morgan fingerprint density at radius 1 is 1.41 bits per heavy atom. The van der Waals surface area contributed by atoms with Crippen molar-refractivity contribution in [1.29, 1.82) is 0 Å². The molecule has 3 heteroatoms. The molecule has 17 heavy (non-hydrogen) atoms. The molecule has 1 fully saturated rings. The van der Waals surface area contributed by atoms with E-state index in [0.717, 1.165) is 13.2 Å². The summed E-state index contributed by atoms with van der Waals surface area (Å²) in [4.78, 5) is 2.28. The molecule has 94 valence electrons. The molecule has 0 saturated carbocycles. The van der Waals surface area contributed by atoms with Gasteiger partial charge in [-0.25, -0.2) is 0 Å². The molecule has 1 aliphatic heterocycles. The van der Waals surface area contributed by atoms with Gasteiger partial charge in [-0.2, -0.15) is 0 Å². The van der Waals surface area contributed by atoms with Crippen LogP contribution in [0, 0.1) is 0 Å². The summed E-state index contributed by atoms with van der Waals surface area (Å²) in [6.07, 6.45) is 0. The number of benzene rings is 1. The maximum Gasteiger partial charge on any atom is 0.0755 e. The van der Waals surface area contributed by atoms with Gasteiger partial charge in [0.05, 0.1) is 25.9 Å². The maximum atomic E-state index is 9.43. The Morgan fingerprint density at radius 2 is 2.18 bits per heavy atom. The topological polar surface area (TPSA) is 32.7 Å². The van der Waals surface area contributed by atoms with Gasteiger partial charge in [-0.05, 0) is 17.5 Å². The lowest BCUT2D eigenvalue weighted by atomic mass is 9.99. The van der Waals surface area contributed by atoms with Gasteiger partial charge in [-0.15, -0.1) is 0 Å². The molecule has 0 amide bonds. The molecule has 0 aromatic heterocycles. The summed E-state index contributed by atoms with van der Waals surface area (Å²) >= 11 is 0. The number of nitrogens with zero attached hydrogens (tertiary/aromatic N) is 1. The van der Waals surface area contributed by atoms with Crippen molar-refractivity contribution in [1.82, 2.24) is 0 Å². The standard InChI is InChI=1S/C14H21NO2/c1-11(2)13-5-3-4-6-14(13)15-7-8-17-10-12(15)9-16/h3-6,11-12,16H,7-10H2,1-2H3. The lowest BCUT2D eigenvalue weighted by Crippen LogP contribution is -2.48. The molecule has 0 aliphatic carbocycles. The van der Waals surface area contributed by atoms with Crippen LogP contribution < -0.4 is 4.90 Å². The molecule has 0 bridgehead atoms. The maximum absolute atomic E-state index is 9.43. The fourth-order valence-corrected chi connectivity index (χ4v) is 2.36. The van der Waals surface area contributed by atoms with Crippen molar-refractivity contribution >= 4 is 5.69 Å². The van der Waals surface area contributed by atoms with Crippen molar-refractivity contribution in [2.45, 2.75) is 25.8 Å². The van der Waals surface area contributed by atoms with Crippen molar-refractivity contribution in [2.75, 3.05) is 31.3 Å². The Morgan fingerprint density at radius 3 is 2.88 bits per heavy atom. The van der Waals surface area contributed by atoms with Crippen LogP contribution in [-0.2, 0) is 4.74 Å². The van der Waals surface area contributed by atoms with Crippen LogP contribution in [0.4, 0.5) is 5.69 Å². The average molecular weight is 235 g/mol. The quantitative estimate of drug-likeness (QED) is 0.870. The molecule has 1 saturated heterocycles. The molecular formula is C14H21NO2. The molecule has 1 atom stereocenters. The first-order valence-electron chi connectivity index (χ1n) is 6.28. The predicted octanol–water partition coefficient (Wildman–Crippen LogP) is 2.01. The van der Waals surface area contributed by atoms with Gasteiger partial charge in [-0.3, -0.25) is 0 Å². The minimum absolute atomic E-state index is 0.0867. The highest BCUT2D eigenvalue weighted by Gasteiger charge is 2.24. The first-order chi connectivity index (χ1) is 8.24. The first kappa shape index (κ1) is 12.4. The van der Waals surface area contributed by atoms with Gasteiger partial charge in [0.15, 0.2) is 0 Å². The second kappa shape index (κ2) is 5.52. The van der Waals surface area contributed by atoms with E-state index in [1.807, 2.05) is 0 Å². The molecule has 1 aromatic rings. The summed E-state index contributed by atoms with van der Waals surface area (Å²) in [5, 5.41) is 9.43. The molecule has 3 nitrogen and oxygen atoms in total. The van der Waals surface area contributed by atoms with E-state index < -0.39 is 0 Å². The Hall–Kier alpha value is -1.06. The number of rotatable bonds is 3. The van der Waals surface area contributed by atoms with Crippen LogP contribution in [0.3, 0.4) is 0 Å². The number of aliphatic hydroxyl groups is 1. The lowest BCUT2D eigenvalue weighted by Gasteiger charge is -2.38. The van der Waals surface area contributed by atoms with Gasteiger partial charge in [0.1, 0.15) is 0 Å². The summed E-state index contributed by atoms with van der Waals surface area (Å²) in [5.74, 6) is 0.494. The van der Waals surface area contributed by atoms with Gasteiger partial charge < -0.3 is 14.7 Å². The van der Waals surface area contributed by atoms with E-state index in [4.69, 9.17) is 4.74 Å². The molecule has 1 aliphatic rings. The Labute approximate surface area is 103 Å². The third kappa shape index (κ3) is 2.61. The Bertz CT molecular complexity index is 365. The van der Waals surface area contributed by atoms with Crippen LogP contribution in [0.2, 0.25) is 0 Å². The van der Waals surface area contributed by atoms with Gasteiger partial charge in [0, 0.05) is 12.2 Å². The van der Waals surface area contributed by atoms with E-state index in [2.05, 4.69) is 43.0 Å². The number of hydrogen-bond donors (Lipinski definition) is 1. The molecule has 0 radical (unpaired) electrons. The van der Waals surface area contributed by atoms with Crippen LogP contribution >= 0.6 is 0 Å². The highest BCUT2D eigenvalue weighted by atomic mass is 16.5. The van der Waals surface area contributed by atoms with Crippen LogP contribution in [0.15, 0.2) is 24.3 Å². The molecule has 1 N–H and O–H groups in total. The van der Waals surface area contributed by atoms with Gasteiger partial charge in [-0.1, -0.05) is 32.0 Å². The molecular weight excluding hydrogens is 214 g/mol. The predicted molar refractivity (Wildman–Crippen MR) is 69.6 cm³/mol.